The lowest BCUT2D eigenvalue weighted by molar-refractivity contribution is 0.0921. The summed E-state index contributed by atoms with van der Waals surface area (Å²) in [5, 5.41) is 2.72. The minimum atomic E-state index is -4.09. The molecule has 21 heavy (non-hydrogen) atoms. The van der Waals surface area contributed by atoms with Crippen LogP contribution < -0.4 is 5.32 Å². The zero-order valence-corrected chi connectivity index (χ0v) is 12.9. The van der Waals surface area contributed by atoms with Crippen molar-refractivity contribution in [1.82, 2.24) is 5.32 Å². The molecule has 8 heteroatoms. The quantitative estimate of drug-likeness (QED) is 0.853. The Morgan fingerprint density at radius 1 is 1.48 bits per heavy atom. The number of ether oxygens (including phenoxy) is 1. The second-order valence-corrected chi connectivity index (χ2v) is 7.57. The molecule has 2 atom stereocenters. The first kappa shape index (κ1) is 16.2. The van der Waals surface area contributed by atoms with Crippen molar-refractivity contribution in [3.05, 3.63) is 29.6 Å². The van der Waals surface area contributed by atoms with E-state index in [1.165, 1.54) is 0 Å². The van der Waals surface area contributed by atoms with E-state index in [1.54, 1.807) is 0 Å². The van der Waals surface area contributed by atoms with Crippen molar-refractivity contribution in [2.24, 2.45) is 5.92 Å². The molecular formula is C13H15ClFNO4S. The minimum absolute atomic E-state index is 0.0833. The third-order valence-corrected chi connectivity index (χ3v) is 4.78. The van der Waals surface area contributed by atoms with Gasteiger partial charge in [0.25, 0.3) is 15.0 Å². The fourth-order valence-corrected chi connectivity index (χ4v) is 2.98. The van der Waals surface area contributed by atoms with Crippen molar-refractivity contribution in [2.45, 2.75) is 24.3 Å². The number of rotatable bonds is 4. The first-order valence-corrected chi connectivity index (χ1v) is 8.72. The van der Waals surface area contributed by atoms with Crippen LogP contribution in [0.5, 0.6) is 0 Å². The molecule has 1 heterocycles. The molecule has 0 bridgehead atoms. The normalized spacial score (nSPS) is 20.2. The Balaban J connectivity index is 2.17. The molecule has 0 saturated carbocycles. The summed E-state index contributed by atoms with van der Waals surface area (Å²) in [5.74, 6) is -1.19. The minimum Gasteiger partial charge on any atom is -0.381 e. The van der Waals surface area contributed by atoms with Gasteiger partial charge in [0.2, 0.25) is 0 Å². The smallest absolute Gasteiger partial charge is 0.261 e. The first-order chi connectivity index (χ1) is 9.77. The molecule has 0 aromatic heterocycles. The zero-order chi connectivity index (χ0) is 15.6. The molecule has 0 aliphatic carbocycles. The SMILES string of the molecule is CC(NC(=O)c1cc(F)cc(S(=O)(=O)Cl)c1)C1CCOC1. The summed E-state index contributed by atoms with van der Waals surface area (Å²) in [5.41, 5.74) is -0.0833. The second-order valence-electron chi connectivity index (χ2n) is 5.00. The van der Waals surface area contributed by atoms with E-state index in [-0.39, 0.29) is 17.5 Å². The number of carbonyl (C=O) groups excluding carboxylic acids is 1. The average molecular weight is 336 g/mol. The van der Waals surface area contributed by atoms with Crippen molar-refractivity contribution in [3.8, 4) is 0 Å². The molecule has 1 aliphatic rings. The molecule has 1 aromatic rings. The summed E-state index contributed by atoms with van der Waals surface area (Å²) in [6.07, 6.45) is 0.839. The standard InChI is InChI=1S/C13H15ClFNO4S/c1-8(9-2-3-20-7-9)16-13(17)10-4-11(15)6-12(5-10)21(14,18)19/h4-6,8-9H,2-3,7H2,1H3,(H,16,17). The van der Waals surface area contributed by atoms with Crippen LogP contribution in [0, 0.1) is 11.7 Å². The highest BCUT2D eigenvalue weighted by Gasteiger charge is 2.24. The van der Waals surface area contributed by atoms with E-state index < -0.39 is 25.7 Å². The third-order valence-electron chi connectivity index (χ3n) is 3.45. The lowest BCUT2D eigenvalue weighted by Crippen LogP contribution is -2.38. The van der Waals surface area contributed by atoms with E-state index in [4.69, 9.17) is 15.4 Å². The Kier molecular flexibility index (Phi) is 4.85. The van der Waals surface area contributed by atoms with Gasteiger partial charge in [-0.1, -0.05) is 0 Å². The van der Waals surface area contributed by atoms with E-state index in [9.17, 15) is 17.6 Å². The summed E-state index contributed by atoms with van der Waals surface area (Å²) < 4.78 is 41.2. The van der Waals surface area contributed by atoms with E-state index in [1.807, 2.05) is 6.92 Å². The van der Waals surface area contributed by atoms with Crippen molar-refractivity contribution in [2.75, 3.05) is 13.2 Å². The average Bonchev–Trinajstić information content (AvgIpc) is 2.90. The molecule has 0 radical (unpaired) electrons. The van der Waals surface area contributed by atoms with Gasteiger partial charge in [-0.2, -0.15) is 0 Å². The fraction of sp³-hybridized carbons (Fsp3) is 0.462. The van der Waals surface area contributed by atoms with Crippen LogP contribution in [0.2, 0.25) is 0 Å². The van der Waals surface area contributed by atoms with Gasteiger partial charge in [0.1, 0.15) is 5.82 Å². The summed E-state index contributed by atoms with van der Waals surface area (Å²) in [6.45, 7) is 3.04. The molecule has 116 valence electrons. The maximum absolute atomic E-state index is 13.4. The summed E-state index contributed by atoms with van der Waals surface area (Å²) in [6, 6.07) is 2.64. The number of benzene rings is 1. The molecule has 5 nitrogen and oxygen atoms in total. The molecule has 2 unspecified atom stereocenters. The largest absolute Gasteiger partial charge is 0.381 e. The van der Waals surface area contributed by atoms with Gasteiger partial charge in [0, 0.05) is 34.8 Å². The number of halogens is 2. The number of nitrogens with one attached hydrogen (secondary N) is 1. The molecule has 1 aromatic carbocycles. The van der Waals surface area contributed by atoms with Gasteiger partial charge in [0.15, 0.2) is 0 Å². The van der Waals surface area contributed by atoms with Gasteiger partial charge in [-0.05, 0) is 31.5 Å². The second kappa shape index (κ2) is 6.29. The predicted octanol–water partition coefficient (Wildman–Crippen LogP) is 1.91. The summed E-state index contributed by atoms with van der Waals surface area (Å²) >= 11 is 0. The Bertz CT molecular complexity index is 644. The van der Waals surface area contributed by atoms with Crippen molar-refractivity contribution < 1.29 is 22.3 Å². The van der Waals surface area contributed by atoms with E-state index >= 15 is 0 Å². The number of hydrogen-bond acceptors (Lipinski definition) is 4. The maximum atomic E-state index is 13.4. The van der Waals surface area contributed by atoms with Gasteiger partial charge in [-0.25, -0.2) is 12.8 Å². The lowest BCUT2D eigenvalue weighted by Gasteiger charge is -2.19. The molecular weight excluding hydrogens is 321 g/mol. The molecule has 1 aliphatic heterocycles. The molecule has 2 rings (SSSR count). The number of amides is 1. The van der Waals surface area contributed by atoms with Gasteiger partial charge in [0.05, 0.1) is 11.5 Å². The van der Waals surface area contributed by atoms with Crippen LogP contribution >= 0.6 is 10.7 Å². The zero-order valence-electron chi connectivity index (χ0n) is 11.3. The van der Waals surface area contributed by atoms with Crippen molar-refractivity contribution in [1.29, 1.82) is 0 Å². The fourth-order valence-electron chi connectivity index (χ4n) is 2.19. The number of hydrogen-bond donors (Lipinski definition) is 1. The molecule has 1 amide bonds. The Labute approximate surface area is 126 Å². The maximum Gasteiger partial charge on any atom is 0.261 e. The molecule has 1 fully saturated rings. The van der Waals surface area contributed by atoms with Gasteiger partial charge in [-0.15, -0.1) is 0 Å². The van der Waals surface area contributed by atoms with Gasteiger partial charge < -0.3 is 10.1 Å². The molecule has 1 N–H and O–H groups in total. The monoisotopic (exact) mass is 335 g/mol. The number of carbonyl (C=O) groups is 1. The topological polar surface area (TPSA) is 72.5 Å². The van der Waals surface area contributed by atoms with Crippen LogP contribution in [0.1, 0.15) is 23.7 Å². The van der Waals surface area contributed by atoms with Crippen LogP contribution in [0.4, 0.5) is 4.39 Å². The van der Waals surface area contributed by atoms with Crippen LogP contribution in [0.15, 0.2) is 23.1 Å². The van der Waals surface area contributed by atoms with Gasteiger partial charge in [-0.3, -0.25) is 4.79 Å². The highest BCUT2D eigenvalue weighted by atomic mass is 35.7. The third kappa shape index (κ3) is 4.15. The molecule has 0 spiro atoms. The highest BCUT2D eigenvalue weighted by Crippen LogP contribution is 2.20. The van der Waals surface area contributed by atoms with E-state index in [2.05, 4.69) is 5.32 Å². The Morgan fingerprint density at radius 2 is 2.19 bits per heavy atom. The Hall–Kier alpha value is -1.18. The van der Waals surface area contributed by atoms with Crippen LogP contribution in [0.3, 0.4) is 0 Å². The van der Waals surface area contributed by atoms with Crippen LogP contribution in [-0.4, -0.2) is 33.6 Å². The van der Waals surface area contributed by atoms with Crippen molar-refractivity contribution >= 4 is 25.6 Å². The first-order valence-electron chi connectivity index (χ1n) is 6.41. The summed E-state index contributed by atoms with van der Waals surface area (Å²) in [7, 11) is 1.08. The van der Waals surface area contributed by atoms with Crippen molar-refractivity contribution in [3.63, 3.8) is 0 Å². The highest BCUT2D eigenvalue weighted by molar-refractivity contribution is 8.13. The Morgan fingerprint density at radius 3 is 2.76 bits per heavy atom. The predicted molar refractivity (Wildman–Crippen MR) is 75.3 cm³/mol. The molecule has 1 saturated heterocycles. The van der Waals surface area contributed by atoms with Crippen LogP contribution in [0.25, 0.3) is 0 Å². The summed E-state index contributed by atoms with van der Waals surface area (Å²) in [4.78, 5) is 11.6. The van der Waals surface area contributed by atoms with Crippen LogP contribution in [-0.2, 0) is 13.8 Å². The van der Waals surface area contributed by atoms with E-state index in [0.717, 1.165) is 24.6 Å². The lowest BCUT2D eigenvalue weighted by atomic mass is 10.0. The van der Waals surface area contributed by atoms with Gasteiger partial charge >= 0.3 is 0 Å². The van der Waals surface area contributed by atoms with E-state index in [0.29, 0.717) is 13.2 Å².